The minimum Gasteiger partial charge on any atom is -0.348 e. The van der Waals surface area contributed by atoms with Gasteiger partial charge in [-0.1, -0.05) is 24.3 Å². The molecule has 1 atom stereocenters. The molecule has 1 fully saturated rings. The highest BCUT2D eigenvalue weighted by molar-refractivity contribution is 7.91. The van der Waals surface area contributed by atoms with Crippen molar-refractivity contribution in [3.63, 3.8) is 0 Å². The fraction of sp³-hybridized carbons (Fsp3) is 0.190. The van der Waals surface area contributed by atoms with Crippen LogP contribution in [0.1, 0.15) is 12.0 Å². The number of thiophene rings is 1. The first kappa shape index (κ1) is 20.1. The standard InChI is InChI=1S/C21H18N4O3S2/c22-12-15(21(26)23-17-8-10-30(27,28)14-17)11-16-13-25(18-5-2-1-3-6-18)24-20(16)19-7-4-9-29-19/h1-7,9,11,13,17H,8,10,14H2,(H,23,26)/b15-11+. The number of sulfone groups is 1. The van der Waals surface area contributed by atoms with Crippen LogP contribution in [0.15, 0.2) is 59.6 Å². The van der Waals surface area contributed by atoms with E-state index < -0.39 is 21.8 Å². The molecule has 9 heteroatoms. The van der Waals surface area contributed by atoms with Crippen LogP contribution in [-0.4, -0.2) is 41.7 Å². The summed E-state index contributed by atoms with van der Waals surface area (Å²) < 4.78 is 25.0. The van der Waals surface area contributed by atoms with Crippen LogP contribution >= 0.6 is 11.3 Å². The smallest absolute Gasteiger partial charge is 0.262 e. The van der Waals surface area contributed by atoms with Gasteiger partial charge in [-0.25, -0.2) is 13.1 Å². The summed E-state index contributed by atoms with van der Waals surface area (Å²) in [4.78, 5) is 13.5. The van der Waals surface area contributed by atoms with Gasteiger partial charge in [-0.15, -0.1) is 11.3 Å². The van der Waals surface area contributed by atoms with Crippen LogP contribution < -0.4 is 5.32 Å². The van der Waals surface area contributed by atoms with Crippen molar-refractivity contribution < 1.29 is 13.2 Å². The minimum absolute atomic E-state index is 0.0515. The number of nitrogens with zero attached hydrogens (tertiary/aromatic N) is 3. The van der Waals surface area contributed by atoms with Gasteiger partial charge >= 0.3 is 0 Å². The lowest BCUT2D eigenvalue weighted by molar-refractivity contribution is -0.117. The number of aromatic nitrogens is 2. The number of carbonyl (C=O) groups is 1. The fourth-order valence-corrected chi connectivity index (χ4v) is 5.69. The number of hydrogen-bond acceptors (Lipinski definition) is 6. The molecule has 1 saturated heterocycles. The van der Waals surface area contributed by atoms with Gasteiger partial charge in [0.2, 0.25) is 0 Å². The molecule has 0 spiro atoms. The van der Waals surface area contributed by atoms with E-state index in [4.69, 9.17) is 0 Å². The Hall–Kier alpha value is -3.22. The lowest BCUT2D eigenvalue weighted by atomic mass is 10.1. The van der Waals surface area contributed by atoms with Crippen molar-refractivity contribution in [2.45, 2.75) is 12.5 Å². The van der Waals surface area contributed by atoms with E-state index in [0.29, 0.717) is 17.7 Å². The molecule has 4 rings (SSSR count). The maximum Gasteiger partial charge on any atom is 0.262 e. The molecule has 2 aromatic heterocycles. The average Bonchev–Trinajstić information content (AvgIpc) is 3.46. The van der Waals surface area contributed by atoms with E-state index in [1.807, 2.05) is 53.9 Å². The van der Waals surface area contributed by atoms with Gasteiger partial charge < -0.3 is 5.32 Å². The molecule has 30 heavy (non-hydrogen) atoms. The second-order valence-electron chi connectivity index (χ2n) is 6.93. The van der Waals surface area contributed by atoms with Gasteiger partial charge in [0.25, 0.3) is 5.91 Å². The molecule has 1 amide bonds. The fourth-order valence-electron chi connectivity index (χ4n) is 3.29. The molecular weight excluding hydrogens is 420 g/mol. The van der Waals surface area contributed by atoms with Crippen LogP contribution in [0.2, 0.25) is 0 Å². The average molecular weight is 439 g/mol. The van der Waals surface area contributed by atoms with Gasteiger partial charge in [0.1, 0.15) is 17.3 Å². The number of nitriles is 1. The topological polar surface area (TPSA) is 105 Å². The molecule has 1 N–H and O–H groups in total. The molecule has 0 radical (unpaired) electrons. The molecule has 152 valence electrons. The Bertz CT molecular complexity index is 1240. The van der Waals surface area contributed by atoms with Crippen molar-refractivity contribution in [2.24, 2.45) is 0 Å². The highest BCUT2D eigenvalue weighted by Crippen LogP contribution is 2.29. The molecule has 0 saturated carbocycles. The van der Waals surface area contributed by atoms with Crippen molar-refractivity contribution >= 4 is 33.2 Å². The molecule has 1 aliphatic rings. The van der Waals surface area contributed by atoms with Crippen LogP contribution in [0.5, 0.6) is 0 Å². The predicted molar refractivity (Wildman–Crippen MR) is 116 cm³/mol. The lowest BCUT2D eigenvalue weighted by Crippen LogP contribution is -2.36. The zero-order chi connectivity index (χ0) is 21.1. The van der Waals surface area contributed by atoms with Gasteiger partial charge in [0, 0.05) is 17.8 Å². The first-order valence-corrected chi connectivity index (χ1v) is 12.0. The Morgan fingerprint density at radius 3 is 2.70 bits per heavy atom. The minimum atomic E-state index is -3.13. The van der Waals surface area contributed by atoms with E-state index in [1.54, 1.807) is 10.9 Å². The molecule has 0 bridgehead atoms. The molecule has 3 aromatic rings. The largest absolute Gasteiger partial charge is 0.348 e. The summed E-state index contributed by atoms with van der Waals surface area (Å²) in [6, 6.07) is 14.8. The number of para-hydroxylation sites is 1. The Morgan fingerprint density at radius 2 is 2.07 bits per heavy atom. The number of carbonyl (C=O) groups excluding carboxylic acids is 1. The summed E-state index contributed by atoms with van der Waals surface area (Å²) in [5, 5.41) is 18.8. The Morgan fingerprint density at radius 1 is 1.27 bits per heavy atom. The zero-order valence-corrected chi connectivity index (χ0v) is 17.5. The summed E-state index contributed by atoms with van der Waals surface area (Å²) >= 11 is 1.51. The van der Waals surface area contributed by atoms with Crippen molar-refractivity contribution in [2.75, 3.05) is 11.5 Å². The molecule has 3 heterocycles. The summed E-state index contributed by atoms with van der Waals surface area (Å²) in [5.41, 5.74) is 2.06. The van der Waals surface area contributed by atoms with Crippen molar-refractivity contribution in [3.05, 3.63) is 65.2 Å². The van der Waals surface area contributed by atoms with E-state index in [-0.39, 0.29) is 17.1 Å². The van der Waals surface area contributed by atoms with E-state index in [0.717, 1.165) is 10.6 Å². The Balaban J connectivity index is 1.67. The van der Waals surface area contributed by atoms with Gasteiger partial charge in [0.05, 0.1) is 22.1 Å². The second-order valence-corrected chi connectivity index (χ2v) is 10.1. The Labute approximate surface area is 178 Å². The summed E-state index contributed by atoms with van der Waals surface area (Å²) in [7, 11) is -3.13. The number of benzene rings is 1. The van der Waals surface area contributed by atoms with Crippen LogP contribution in [0.3, 0.4) is 0 Å². The van der Waals surface area contributed by atoms with E-state index in [2.05, 4.69) is 10.4 Å². The Kier molecular flexibility index (Phi) is 5.53. The number of amides is 1. The van der Waals surface area contributed by atoms with E-state index >= 15 is 0 Å². The summed E-state index contributed by atoms with van der Waals surface area (Å²) in [6.45, 7) is 0. The van der Waals surface area contributed by atoms with Gasteiger partial charge in [-0.3, -0.25) is 4.79 Å². The molecule has 0 aliphatic carbocycles. The highest BCUT2D eigenvalue weighted by atomic mass is 32.2. The summed E-state index contributed by atoms with van der Waals surface area (Å²) in [6.07, 6.45) is 3.63. The second kappa shape index (κ2) is 8.26. The van der Waals surface area contributed by atoms with Crippen LogP contribution in [-0.2, 0) is 14.6 Å². The third-order valence-corrected chi connectivity index (χ3v) is 7.39. The monoisotopic (exact) mass is 438 g/mol. The molecule has 7 nitrogen and oxygen atoms in total. The maximum atomic E-state index is 12.6. The first-order valence-electron chi connectivity index (χ1n) is 9.27. The van der Waals surface area contributed by atoms with Crippen molar-refractivity contribution in [1.82, 2.24) is 15.1 Å². The van der Waals surface area contributed by atoms with Gasteiger partial charge in [-0.2, -0.15) is 10.4 Å². The molecule has 1 unspecified atom stereocenters. The third kappa shape index (κ3) is 4.35. The predicted octanol–water partition coefficient (Wildman–Crippen LogP) is 2.81. The first-order chi connectivity index (χ1) is 14.4. The quantitative estimate of drug-likeness (QED) is 0.487. The van der Waals surface area contributed by atoms with Crippen molar-refractivity contribution in [1.29, 1.82) is 5.26 Å². The molecular formula is C21H18N4O3S2. The number of rotatable bonds is 5. The molecule has 1 aromatic carbocycles. The normalized spacial score (nSPS) is 18.1. The summed E-state index contributed by atoms with van der Waals surface area (Å²) in [5.74, 6) is -0.621. The van der Waals surface area contributed by atoms with Crippen molar-refractivity contribution in [3.8, 4) is 22.3 Å². The SMILES string of the molecule is N#C/C(=C\c1cn(-c2ccccc2)nc1-c1cccs1)C(=O)NC1CCS(=O)(=O)C1. The third-order valence-electron chi connectivity index (χ3n) is 4.75. The highest BCUT2D eigenvalue weighted by Gasteiger charge is 2.29. The molecule has 1 aliphatic heterocycles. The van der Waals surface area contributed by atoms with E-state index in [1.165, 1.54) is 17.4 Å². The van der Waals surface area contributed by atoms with Gasteiger partial charge in [0.15, 0.2) is 9.84 Å². The maximum absolute atomic E-state index is 12.6. The zero-order valence-electron chi connectivity index (χ0n) is 15.9. The van der Waals surface area contributed by atoms with Gasteiger partial charge in [-0.05, 0) is 36.1 Å². The van der Waals surface area contributed by atoms with Crippen LogP contribution in [0.25, 0.3) is 22.3 Å². The van der Waals surface area contributed by atoms with Crippen LogP contribution in [0.4, 0.5) is 0 Å². The van der Waals surface area contributed by atoms with Crippen LogP contribution in [0, 0.1) is 11.3 Å². The number of hydrogen-bond donors (Lipinski definition) is 1. The number of nitrogens with one attached hydrogen (secondary N) is 1. The van der Waals surface area contributed by atoms with E-state index in [9.17, 15) is 18.5 Å². The lowest BCUT2D eigenvalue weighted by Gasteiger charge is -2.09.